The molecule has 146 valence electrons. The summed E-state index contributed by atoms with van der Waals surface area (Å²) >= 11 is 13.0. The van der Waals surface area contributed by atoms with Crippen molar-refractivity contribution < 1.29 is 13.2 Å². The minimum absolute atomic E-state index is 0.0147. The first-order valence-corrected chi connectivity index (χ1v) is 11.4. The summed E-state index contributed by atoms with van der Waals surface area (Å²) in [4.78, 5) is 12.2. The standard InChI is InChI=1S/C18H15Cl2N3O3S2/c1-11-2-4-12(5-3-11)17(24)21-18-23-22-16(27-18)8-9-28(25,26)15-10-13(19)6-7-14(15)20/h2-7,10H,8-9H2,1H3,(H,21,23,24). The first kappa shape index (κ1) is 20.7. The van der Waals surface area contributed by atoms with E-state index in [0.717, 1.165) is 16.9 Å². The Hall–Kier alpha value is -2.00. The van der Waals surface area contributed by atoms with Gasteiger partial charge < -0.3 is 0 Å². The minimum atomic E-state index is -3.64. The monoisotopic (exact) mass is 455 g/mol. The number of carbonyl (C=O) groups is 1. The number of rotatable bonds is 6. The van der Waals surface area contributed by atoms with Crippen LogP contribution in [-0.4, -0.2) is 30.3 Å². The summed E-state index contributed by atoms with van der Waals surface area (Å²) in [6.45, 7) is 1.93. The van der Waals surface area contributed by atoms with Crippen molar-refractivity contribution in [2.75, 3.05) is 11.1 Å². The highest BCUT2D eigenvalue weighted by atomic mass is 35.5. The number of aromatic nitrogens is 2. The van der Waals surface area contributed by atoms with E-state index >= 15 is 0 Å². The average molecular weight is 456 g/mol. The third-order valence-corrected chi connectivity index (χ3v) is 7.14. The molecule has 0 spiro atoms. The van der Waals surface area contributed by atoms with E-state index in [4.69, 9.17) is 23.2 Å². The number of anilines is 1. The van der Waals surface area contributed by atoms with E-state index in [-0.39, 0.29) is 28.0 Å². The van der Waals surface area contributed by atoms with Crippen LogP contribution < -0.4 is 5.32 Å². The molecule has 2 aromatic carbocycles. The normalized spacial score (nSPS) is 11.4. The van der Waals surface area contributed by atoms with Gasteiger partial charge in [0, 0.05) is 17.0 Å². The van der Waals surface area contributed by atoms with Crippen molar-refractivity contribution >= 4 is 55.4 Å². The molecular weight excluding hydrogens is 441 g/mol. The lowest BCUT2D eigenvalue weighted by molar-refractivity contribution is 0.102. The maximum atomic E-state index is 12.5. The number of aryl methyl sites for hydroxylation is 2. The van der Waals surface area contributed by atoms with Gasteiger partial charge in [-0.25, -0.2) is 8.42 Å². The average Bonchev–Trinajstić information content (AvgIpc) is 3.10. The molecule has 0 aliphatic carbocycles. The van der Waals surface area contributed by atoms with Gasteiger partial charge in [0.1, 0.15) is 5.01 Å². The van der Waals surface area contributed by atoms with E-state index in [1.165, 1.54) is 18.2 Å². The second-order valence-corrected chi connectivity index (χ2v) is 9.95. The summed E-state index contributed by atoms with van der Waals surface area (Å²) in [5, 5.41) is 11.7. The first-order valence-electron chi connectivity index (χ1n) is 8.13. The van der Waals surface area contributed by atoms with Gasteiger partial charge in [0.15, 0.2) is 9.84 Å². The molecule has 0 bridgehead atoms. The maximum absolute atomic E-state index is 12.5. The first-order chi connectivity index (χ1) is 13.2. The molecule has 1 amide bonds. The summed E-state index contributed by atoms with van der Waals surface area (Å²) in [6.07, 6.45) is 0.142. The smallest absolute Gasteiger partial charge is 0.257 e. The van der Waals surface area contributed by atoms with Gasteiger partial charge in [-0.15, -0.1) is 10.2 Å². The second-order valence-electron chi connectivity index (χ2n) is 5.96. The fourth-order valence-electron chi connectivity index (χ4n) is 2.33. The van der Waals surface area contributed by atoms with Gasteiger partial charge in [-0.3, -0.25) is 10.1 Å². The third-order valence-electron chi connectivity index (χ3n) is 3.81. The molecule has 28 heavy (non-hydrogen) atoms. The molecule has 0 radical (unpaired) electrons. The molecule has 10 heteroatoms. The molecule has 1 heterocycles. The highest BCUT2D eigenvalue weighted by Crippen LogP contribution is 2.27. The number of hydrogen-bond donors (Lipinski definition) is 1. The quantitative estimate of drug-likeness (QED) is 0.593. The molecule has 0 aliphatic heterocycles. The van der Waals surface area contributed by atoms with Gasteiger partial charge in [0.25, 0.3) is 5.91 Å². The van der Waals surface area contributed by atoms with E-state index in [2.05, 4.69) is 15.5 Å². The minimum Gasteiger partial charge on any atom is -0.296 e. The Labute approximate surface area is 176 Å². The molecule has 0 saturated carbocycles. The molecule has 6 nitrogen and oxygen atoms in total. The zero-order chi connectivity index (χ0) is 20.3. The Kier molecular flexibility index (Phi) is 6.34. The van der Waals surface area contributed by atoms with Crippen molar-refractivity contribution in [3.05, 3.63) is 68.6 Å². The predicted molar refractivity (Wildman–Crippen MR) is 111 cm³/mol. The van der Waals surface area contributed by atoms with Crippen LogP contribution in [0, 0.1) is 6.92 Å². The number of nitrogens with zero attached hydrogens (tertiary/aromatic N) is 2. The summed E-state index contributed by atoms with van der Waals surface area (Å²) in [7, 11) is -3.64. The zero-order valence-electron chi connectivity index (χ0n) is 14.6. The molecule has 0 atom stereocenters. The molecule has 0 aliphatic rings. The van der Waals surface area contributed by atoms with Crippen LogP contribution >= 0.6 is 34.5 Å². The van der Waals surface area contributed by atoms with Crippen molar-refractivity contribution in [2.45, 2.75) is 18.2 Å². The van der Waals surface area contributed by atoms with E-state index < -0.39 is 9.84 Å². The fraction of sp³-hybridized carbons (Fsp3) is 0.167. The number of nitrogens with one attached hydrogen (secondary N) is 1. The molecule has 0 saturated heterocycles. The van der Waals surface area contributed by atoms with Crippen LogP contribution in [0.4, 0.5) is 5.13 Å². The molecule has 3 rings (SSSR count). The van der Waals surface area contributed by atoms with Crippen molar-refractivity contribution in [1.82, 2.24) is 10.2 Å². The molecular formula is C18H15Cl2N3O3S2. The third kappa shape index (κ3) is 5.08. The van der Waals surface area contributed by atoms with Crippen LogP contribution in [0.3, 0.4) is 0 Å². The topological polar surface area (TPSA) is 89.0 Å². The van der Waals surface area contributed by atoms with Gasteiger partial charge in [-0.1, -0.05) is 52.2 Å². The molecule has 1 N–H and O–H groups in total. The van der Waals surface area contributed by atoms with Crippen LogP contribution in [0.1, 0.15) is 20.9 Å². The molecule has 3 aromatic rings. The zero-order valence-corrected chi connectivity index (χ0v) is 17.8. The SMILES string of the molecule is Cc1ccc(C(=O)Nc2nnc(CCS(=O)(=O)c3cc(Cl)ccc3Cl)s2)cc1. The Morgan fingerprint density at radius 2 is 1.82 bits per heavy atom. The number of hydrogen-bond acceptors (Lipinski definition) is 6. The Morgan fingerprint density at radius 3 is 2.54 bits per heavy atom. The molecule has 0 fully saturated rings. The number of halogens is 2. The Morgan fingerprint density at radius 1 is 1.11 bits per heavy atom. The van der Waals surface area contributed by atoms with E-state index in [1.807, 2.05) is 19.1 Å². The summed E-state index contributed by atoms with van der Waals surface area (Å²) in [5.74, 6) is -0.505. The fourth-order valence-corrected chi connectivity index (χ4v) is 5.25. The van der Waals surface area contributed by atoms with E-state index in [0.29, 0.717) is 20.7 Å². The van der Waals surface area contributed by atoms with Gasteiger partial charge in [0.05, 0.1) is 15.7 Å². The van der Waals surface area contributed by atoms with Crippen LogP contribution in [0.5, 0.6) is 0 Å². The lowest BCUT2D eigenvalue weighted by atomic mass is 10.1. The number of amides is 1. The Balaban J connectivity index is 1.65. The lowest BCUT2D eigenvalue weighted by Crippen LogP contribution is -2.11. The number of sulfone groups is 1. The highest BCUT2D eigenvalue weighted by molar-refractivity contribution is 7.91. The van der Waals surface area contributed by atoms with Gasteiger partial charge in [0.2, 0.25) is 5.13 Å². The highest BCUT2D eigenvalue weighted by Gasteiger charge is 2.20. The predicted octanol–water partition coefficient (Wildman–Crippen LogP) is 4.42. The van der Waals surface area contributed by atoms with Crippen LogP contribution in [0.15, 0.2) is 47.4 Å². The van der Waals surface area contributed by atoms with Crippen LogP contribution in [0.25, 0.3) is 0 Å². The van der Waals surface area contributed by atoms with Crippen molar-refractivity contribution in [3.63, 3.8) is 0 Å². The van der Waals surface area contributed by atoms with Crippen molar-refractivity contribution in [2.24, 2.45) is 0 Å². The summed E-state index contributed by atoms with van der Waals surface area (Å²) < 4.78 is 25.0. The largest absolute Gasteiger partial charge is 0.296 e. The van der Waals surface area contributed by atoms with Crippen molar-refractivity contribution in [1.29, 1.82) is 0 Å². The van der Waals surface area contributed by atoms with Crippen molar-refractivity contribution in [3.8, 4) is 0 Å². The Bertz CT molecular complexity index is 1110. The van der Waals surface area contributed by atoms with E-state index in [9.17, 15) is 13.2 Å². The maximum Gasteiger partial charge on any atom is 0.257 e. The second kappa shape index (κ2) is 8.57. The number of benzene rings is 2. The molecule has 0 unspecified atom stereocenters. The van der Waals surface area contributed by atoms with Gasteiger partial charge >= 0.3 is 0 Å². The lowest BCUT2D eigenvalue weighted by Gasteiger charge is -2.06. The van der Waals surface area contributed by atoms with Gasteiger partial charge in [-0.2, -0.15) is 0 Å². The summed E-state index contributed by atoms with van der Waals surface area (Å²) in [6, 6.07) is 11.4. The number of carbonyl (C=O) groups excluding carboxylic acids is 1. The van der Waals surface area contributed by atoms with E-state index in [1.54, 1.807) is 12.1 Å². The summed E-state index contributed by atoms with van der Waals surface area (Å²) in [5.41, 5.74) is 1.55. The van der Waals surface area contributed by atoms with Crippen LogP contribution in [0.2, 0.25) is 10.0 Å². The van der Waals surface area contributed by atoms with Gasteiger partial charge in [-0.05, 0) is 37.3 Å². The molecule has 1 aromatic heterocycles. The van der Waals surface area contributed by atoms with Crippen LogP contribution in [-0.2, 0) is 16.3 Å².